The first kappa shape index (κ1) is 29.6. The minimum Gasteiger partial charge on any atom is -0.134 e. The van der Waals surface area contributed by atoms with E-state index in [4.69, 9.17) is 0 Å². The highest BCUT2D eigenvalue weighted by atomic mass is 32.1. The lowest BCUT2D eigenvalue weighted by Crippen LogP contribution is -1.91. The summed E-state index contributed by atoms with van der Waals surface area (Å²) in [7, 11) is 0. The molecule has 0 nitrogen and oxygen atoms in total. The normalized spacial score (nSPS) is 11.8. The lowest BCUT2D eigenvalue weighted by atomic mass is 9.85. The van der Waals surface area contributed by atoms with Crippen LogP contribution in [0.3, 0.4) is 0 Å². The maximum absolute atomic E-state index is 2.50. The summed E-state index contributed by atoms with van der Waals surface area (Å²) in [6.45, 7) is 0. The van der Waals surface area contributed by atoms with Gasteiger partial charge in [0.2, 0.25) is 0 Å². The Balaban J connectivity index is 1.36. The molecule has 0 fully saturated rings. The second-order valence-corrected chi connectivity index (χ2v) is 15.6. The van der Waals surface area contributed by atoms with Crippen molar-refractivity contribution in [2.24, 2.45) is 0 Å². The standard InChI is InChI=1S/C50H30S2/c1-3-16-32(17-4-1)44-37-22-9-11-24-39(37)46(40-25-12-10-23-38(40)44)47-49-41(36-21-13-14-26-43(36)51-49)30-42-45(33-18-5-2-6-19-33)48(52-50(42)47)35-28-27-31-15-7-8-20-34(31)29-35/h1-30H. The number of hydrogen-bond donors (Lipinski definition) is 0. The predicted molar refractivity (Wildman–Crippen MR) is 229 cm³/mol. The number of thiophene rings is 2. The number of benzene rings is 9. The molecule has 0 spiro atoms. The average molecular weight is 695 g/mol. The molecule has 9 aromatic carbocycles. The second-order valence-electron chi connectivity index (χ2n) is 13.5. The largest absolute Gasteiger partial charge is 0.134 e. The first-order valence-electron chi connectivity index (χ1n) is 17.8. The minimum absolute atomic E-state index is 1.24. The van der Waals surface area contributed by atoms with Crippen LogP contribution in [0.5, 0.6) is 0 Å². The van der Waals surface area contributed by atoms with E-state index < -0.39 is 0 Å². The van der Waals surface area contributed by atoms with Gasteiger partial charge in [-0.25, -0.2) is 0 Å². The number of rotatable bonds is 4. The third kappa shape index (κ3) is 4.45. The van der Waals surface area contributed by atoms with E-state index in [9.17, 15) is 0 Å². The molecule has 2 heteroatoms. The molecule has 0 atom stereocenters. The smallest absolute Gasteiger partial charge is 0.0449 e. The summed E-state index contributed by atoms with van der Waals surface area (Å²) < 4.78 is 4.01. The molecule has 0 N–H and O–H groups in total. The summed E-state index contributed by atoms with van der Waals surface area (Å²) in [5.41, 5.74) is 9.01. The van der Waals surface area contributed by atoms with Crippen LogP contribution in [-0.2, 0) is 0 Å². The summed E-state index contributed by atoms with van der Waals surface area (Å²) in [6, 6.07) is 67.2. The van der Waals surface area contributed by atoms with Gasteiger partial charge in [0.25, 0.3) is 0 Å². The van der Waals surface area contributed by atoms with Crippen molar-refractivity contribution in [2.75, 3.05) is 0 Å². The fourth-order valence-electron chi connectivity index (χ4n) is 8.38. The SMILES string of the molecule is c1ccc(-c2c3ccccc3c(-c3c4sc(-c5ccc6ccccc6c5)c(-c5ccccc5)c4cc4c3sc3ccccc34)c3ccccc23)cc1. The third-order valence-electron chi connectivity index (χ3n) is 10.6. The van der Waals surface area contributed by atoms with E-state index in [-0.39, 0.29) is 0 Å². The second kappa shape index (κ2) is 11.7. The Bertz CT molecular complexity index is 3110. The molecule has 0 bridgehead atoms. The van der Waals surface area contributed by atoms with E-state index in [0.29, 0.717) is 0 Å². The first-order valence-corrected chi connectivity index (χ1v) is 19.4. The van der Waals surface area contributed by atoms with Crippen molar-refractivity contribution in [3.63, 3.8) is 0 Å². The van der Waals surface area contributed by atoms with Crippen molar-refractivity contribution in [3.8, 4) is 43.8 Å². The van der Waals surface area contributed by atoms with Crippen LogP contribution in [-0.4, -0.2) is 0 Å². The Morgan fingerprint density at radius 3 is 1.46 bits per heavy atom. The highest BCUT2D eigenvalue weighted by Gasteiger charge is 2.26. The van der Waals surface area contributed by atoms with Gasteiger partial charge in [0.05, 0.1) is 0 Å². The van der Waals surface area contributed by atoms with E-state index in [1.165, 1.54) is 106 Å². The van der Waals surface area contributed by atoms with Crippen LogP contribution >= 0.6 is 22.7 Å². The van der Waals surface area contributed by atoms with Crippen molar-refractivity contribution in [3.05, 3.63) is 182 Å². The zero-order chi connectivity index (χ0) is 34.2. The Labute approximate surface area is 309 Å². The third-order valence-corrected chi connectivity index (χ3v) is 13.1. The van der Waals surface area contributed by atoms with Crippen LogP contribution in [0.25, 0.3) is 106 Å². The zero-order valence-electron chi connectivity index (χ0n) is 28.1. The van der Waals surface area contributed by atoms with Crippen molar-refractivity contribution in [2.45, 2.75) is 0 Å². The summed E-state index contributed by atoms with van der Waals surface area (Å²) in [5, 5.41) is 11.6. The molecule has 2 heterocycles. The van der Waals surface area contributed by atoms with Gasteiger partial charge in [-0.05, 0) is 72.8 Å². The first-order chi connectivity index (χ1) is 25.8. The van der Waals surface area contributed by atoms with E-state index in [1.807, 2.05) is 22.7 Å². The van der Waals surface area contributed by atoms with Gasteiger partial charge in [-0.3, -0.25) is 0 Å². The quantitative estimate of drug-likeness (QED) is 0.161. The molecule has 0 aliphatic carbocycles. The summed E-state index contributed by atoms with van der Waals surface area (Å²) in [5.74, 6) is 0. The highest BCUT2D eigenvalue weighted by Crippen LogP contribution is 2.55. The minimum atomic E-state index is 1.24. The molecule has 11 rings (SSSR count). The monoisotopic (exact) mass is 694 g/mol. The van der Waals surface area contributed by atoms with Crippen molar-refractivity contribution >= 4 is 85.2 Å². The van der Waals surface area contributed by atoms with Crippen LogP contribution in [0.15, 0.2) is 182 Å². The molecule has 52 heavy (non-hydrogen) atoms. The molecule has 0 radical (unpaired) electrons. The fraction of sp³-hybridized carbons (Fsp3) is 0. The van der Waals surface area contributed by atoms with Gasteiger partial charge in [-0.1, -0.05) is 164 Å². The van der Waals surface area contributed by atoms with Crippen LogP contribution in [0, 0.1) is 0 Å². The fourth-order valence-corrected chi connectivity index (χ4v) is 11.0. The predicted octanol–water partition coefficient (Wildman–Crippen LogP) is 15.4. The highest BCUT2D eigenvalue weighted by molar-refractivity contribution is 7.28. The lowest BCUT2D eigenvalue weighted by molar-refractivity contribution is 1.67. The molecule has 0 amide bonds. The van der Waals surface area contributed by atoms with Crippen LogP contribution in [0.1, 0.15) is 0 Å². The maximum Gasteiger partial charge on any atom is 0.0449 e. The average Bonchev–Trinajstić information content (AvgIpc) is 3.78. The number of fused-ring (bicyclic) bond motifs is 7. The van der Waals surface area contributed by atoms with Gasteiger partial charge in [0.1, 0.15) is 0 Å². The van der Waals surface area contributed by atoms with E-state index in [0.717, 1.165) is 0 Å². The Morgan fingerprint density at radius 1 is 0.269 bits per heavy atom. The van der Waals surface area contributed by atoms with Crippen molar-refractivity contribution < 1.29 is 0 Å². The van der Waals surface area contributed by atoms with Gasteiger partial charge < -0.3 is 0 Å². The Hall–Kier alpha value is -6.06. The van der Waals surface area contributed by atoms with E-state index >= 15 is 0 Å². The molecule has 0 aliphatic heterocycles. The Kier molecular flexibility index (Phi) is 6.70. The van der Waals surface area contributed by atoms with E-state index in [2.05, 4.69) is 182 Å². The van der Waals surface area contributed by atoms with E-state index in [1.54, 1.807) is 0 Å². The molecular formula is C50H30S2. The molecule has 0 aliphatic rings. The van der Waals surface area contributed by atoms with Gasteiger partial charge in [0, 0.05) is 51.8 Å². The molecule has 2 aromatic heterocycles. The van der Waals surface area contributed by atoms with Crippen molar-refractivity contribution in [1.29, 1.82) is 0 Å². The molecule has 0 saturated heterocycles. The zero-order valence-corrected chi connectivity index (χ0v) is 29.8. The summed E-state index contributed by atoms with van der Waals surface area (Å²) >= 11 is 3.88. The molecular weight excluding hydrogens is 665 g/mol. The van der Waals surface area contributed by atoms with Gasteiger partial charge in [0.15, 0.2) is 0 Å². The van der Waals surface area contributed by atoms with Gasteiger partial charge in [-0.2, -0.15) is 0 Å². The van der Waals surface area contributed by atoms with Gasteiger partial charge >= 0.3 is 0 Å². The van der Waals surface area contributed by atoms with Crippen LogP contribution in [0.2, 0.25) is 0 Å². The maximum atomic E-state index is 2.50. The van der Waals surface area contributed by atoms with Crippen molar-refractivity contribution in [1.82, 2.24) is 0 Å². The molecule has 11 aromatic rings. The Morgan fingerprint density at radius 2 is 0.788 bits per heavy atom. The molecule has 0 saturated carbocycles. The van der Waals surface area contributed by atoms with Crippen LogP contribution < -0.4 is 0 Å². The molecule has 242 valence electrons. The summed E-state index contributed by atoms with van der Waals surface area (Å²) in [6.07, 6.45) is 0. The topological polar surface area (TPSA) is 0 Å². The van der Waals surface area contributed by atoms with Crippen LogP contribution in [0.4, 0.5) is 0 Å². The summed E-state index contributed by atoms with van der Waals surface area (Å²) in [4.78, 5) is 1.31. The van der Waals surface area contributed by atoms with Gasteiger partial charge in [-0.15, -0.1) is 22.7 Å². The number of hydrogen-bond acceptors (Lipinski definition) is 2. The molecule has 0 unspecified atom stereocenters. The lowest BCUT2D eigenvalue weighted by Gasteiger charge is -2.18.